The lowest BCUT2D eigenvalue weighted by atomic mass is 10.3. The molecule has 0 amide bonds. The molecular formula is C11H13ClN4. The number of fused-ring (bicyclic) bond motifs is 1. The van der Waals surface area contributed by atoms with Gasteiger partial charge in [-0.2, -0.15) is 0 Å². The molecule has 1 aromatic carbocycles. The van der Waals surface area contributed by atoms with E-state index in [1.54, 1.807) is 0 Å². The van der Waals surface area contributed by atoms with Crippen molar-refractivity contribution in [3.63, 3.8) is 0 Å². The molecule has 1 aromatic heterocycles. The number of aromatic nitrogens is 3. The molecule has 0 saturated carbocycles. The van der Waals surface area contributed by atoms with Gasteiger partial charge in [0, 0.05) is 19.0 Å². The summed E-state index contributed by atoms with van der Waals surface area (Å²) in [6.07, 6.45) is 0. The summed E-state index contributed by atoms with van der Waals surface area (Å²) in [7, 11) is 1.92. The van der Waals surface area contributed by atoms with E-state index in [0.717, 1.165) is 11.0 Å². The van der Waals surface area contributed by atoms with Crippen molar-refractivity contribution in [2.45, 2.75) is 13.0 Å². The first kappa shape index (κ1) is 11.1. The summed E-state index contributed by atoms with van der Waals surface area (Å²) in [5.41, 5.74) is 1.65. The zero-order valence-corrected chi connectivity index (χ0v) is 10.0. The van der Waals surface area contributed by atoms with E-state index in [4.69, 9.17) is 11.6 Å². The second-order valence-corrected chi connectivity index (χ2v) is 4.02. The third-order valence-corrected chi connectivity index (χ3v) is 3.00. The van der Waals surface area contributed by atoms with Gasteiger partial charge in [-0.05, 0) is 19.1 Å². The van der Waals surface area contributed by atoms with E-state index in [0.29, 0.717) is 11.8 Å². The van der Waals surface area contributed by atoms with E-state index in [1.165, 1.54) is 0 Å². The normalized spacial score (nSPS) is 12.7. The van der Waals surface area contributed by atoms with E-state index < -0.39 is 0 Å². The minimum atomic E-state index is 0.185. The molecule has 0 aliphatic carbocycles. The van der Waals surface area contributed by atoms with Crippen LogP contribution >= 0.6 is 11.6 Å². The molecule has 0 aliphatic rings. The first-order valence-electron chi connectivity index (χ1n) is 5.10. The van der Waals surface area contributed by atoms with E-state index in [-0.39, 0.29) is 6.04 Å². The zero-order chi connectivity index (χ0) is 11.5. The van der Waals surface area contributed by atoms with Crippen molar-refractivity contribution in [1.29, 1.82) is 0 Å². The average Bonchev–Trinajstić information content (AvgIpc) is 2.36. The highest BCUT2D eigenvalue weighted by molar-refractivity contribution is 6.18. The predicted octanol–water partition coefficient (Wildman–Crippen LogP) is 2.09. The summed E-state index contributed by atoms with van der Waals surface area (Å²) < 4.78 is 0. The highest BCUT2D eigenvalue weighted by atomic mass is 35.5. The van der Waals surface area contributed by atoms with Crippen LogP contribution in [-0.4, -0.2) is 34.2 Å². The third kappa shape index (κ3) is 2.07. The van der Waals surface area contributed by atoms with Crippen LogP contribution in [0.3, 0.4) is 0 Å². The zero-order valence-electron chi connectivity index (χ0n) is 9.26. The molecule has 0 aliphatic heterocycles. The Morgan fingerprint density at radius 1 is 1.25 bits per heavy atom. The lowest BCUT2D eigenvalue weighted by Gasteiger charge is -2.22. The van der Waals surface area contributed by atoms with Crippen molar-refractivity contribution in [3.8, 4) is 0 Å². The van der Waals surface area contributed by atoms with Crippen LogP contribution in [-0.2, 0) is 0 Å². The predicted molar refractivity (Wildman–Crippen MR) is 65.9 cm³/mol. The maximum atomic E-state index is 5.80. The molecule has 0 N–H and O–H groups in total. The molecule has 2 aromatic rings. The molecule has 1 atom stereocenters. The molecule has 84 valence electrons. The van der Waals surface area contributed by atoms with Gasteiger partial charge in [-0.25, -0.2) is 4.98 Å². The molecule has 4 nitrogen and oxygen atoms in total. The van der Waals surface area contributed by atoms with E-state index in [2.05, 4.69) is 15.2 Å². The Hall–Kier alpha value is -1.42. The number of halogens is 1. The van der Waals surface area contributed by atoms with Crippen LogP contribution < -0.4 is 4.90 Å². The van der Waals surface area contributed by atoms with Crippen LogP contribution in [0.5, 0.6) is 0 Å². The average molecular weight is 237 g/mol. The van der Waals surface area contributed by atoms with Crippen LogP contribution in [0.15, 0.2) is 24.3 Å². The van der Waals surface area contributed by atoms with Gasteiger partial charge in [-0.15, -0.1) is 21.8 Å². The molecule has 0 fully saturated rings. The second-order valence-electron chi connectivity index (χ2n) is 3.71. The smallest absolute Gasteiger partial charge is 0.245 e. The third-order valence-electron chi connectivity index (χ3n) is 2.55. The molecule has 2 rings (SSSR count). The first-order chi connectivity index (χ1) is 7.72. The van der Waals surface area contributed by atoms with E-state index in [9.17, 15) is 0 Å². The quantitative estimate of drug-likeness (QED) is 0.766. The number of rotatable bonds is 3. The Bertz CT molecular complexity index is 488. The number of para-hydroxylation sites is 1. The molecule has 1 heterocycles. The maximum absolute atomic E-state index is 5.80. The summed E-state index contributed by atoms with van der Waals surface area (Å²) in [5, 5.41) is 8.20. The topological polar surface area (TPSA) is 41.9 Å². The van der Waals surface area contributed by atoms with Crippen molar-refractivity contribution in [2.75, 3.05) is 17.8 Å². The van der Waals surface area contributed by atoms with Crippen molar-refractivity contribution in [2.24, 2.45) is 0 Å². The SMILES string of the molecule is CC(CCl)N(C)c1nnc2ccccc2n1. The van der Waals surface area contributed by atoms with Crippen molar-refractivity contribution in [3.05, 3.63) is 24.3 Å². The lowest BCUT2D eigenvalue weighted by molar-refractivity contribution is 0.727. The largest absolute Gasteiger partial charge is 0.339 e. The minimum Gasteiger partial charge on any atom is -0.339 e. The van der Waals surface area contributed by atoms with Gasteiger partial charge in [-0.3, -0.25) is 0 Å². The number of hydrogen-bond acceptors (Lipinski definition) is 4. The fourth-order valence-corrected chi connectivity index (χ4v) is 1.53. The van der Waals surface area contributed by atoms with Gasteiger partial charge < -0.3 is 4.90 Å². The van der Waals surface area contributed by atoms with Crippen molar-refractivity contribution in [1.82, 2.24) is 15.2 Å². The van der Waals surface area contributed by atoms with Gasteiger partial charge in [-0.1, -0.05) is 12.1 Å². The highest BCUT2D eigenvalue weighted by Gasteiger charge is 2.12. The molecule has 0 spiro atoms. The minimum absolute atomic E-state index is 0.185. The Labute approximate surface area is 99.3 Å². The van der Waals surface area contributed by atoms with Crippen LogP contribution in [0.1, 0.15) is 6.92 Å². The summed E-state index contributed by atoms with van der Waals surface area (Å²) in [4.78, 5) is 6.36. The Kier molecular flexibility index (Phi) is 3.19. The fourth-order valence-electron chi connectivity index (χ4n) is 1.32. The monoisotopic (exact) mass is 236 g/mol. The number of benzene rings is 1. The van der Waals surface area contributed by atoms with E-state index >= 15 is 0 Å². The Morgan fingerprint density at radius 2 is 1.94 bits per heavy atom. The van der Waals surface area contributed by atoms with Crippen LogP contribution in [0.25, 0.3) is 11.0 Å². The summed E-state index contributed by atoms with van der Waals surface area (Å²) >= 11 is 5.80. The van der Waals surface area contributed by atoms with Gasteiger partial charge in [0.1, 0.15) is 5.52 Å². The molecule has 16 heavy (non-hydrogen) atoms. The van der Waals surface area contributed by atoms with E-state index in [1.807, 2.05) is 43.1 Å². The van der Waals surface area contributed by atoms with Gasteiger partial charge in [0.05, 0.1) is 5.52 Å². The highest BCUT2D eigenvalue weighted by Crippen LogP contribution is 2.13. The Balaban J connectivity index is 2.39. The maximum Gasteiger partial charge on any atom is 0.245 e. The van der Waals surface area contributed by atoms with Gasteiger partial charge in [0.25, 0.3) is 0 Å². The Morgan fingerprint density at radius 3 is 2.62 bits per heavy atom. The molecule has 0 saturated heterocycles. The number of hydrogen-bond donors (Lipinski definition) is 0. The fraction of sp³-hybridized carbons (Fsp3) is 0.364. The number of alkyl halides is 1. The van der Waals surface area contributed by atoms with Gasteiger partial charge in [0.15, 0.2) is 0 Å². The van der Waals surface area contributed by atoms with Crippen LogP contribution in [0.4, 0.5) is 5.95 Å². The summed E-state index contributed by atoms with van der Waals surface area (Å²) in [6.45, 7) is 2.02. The molecule has 0 bridgehead atoms. The van der Waals surface area contributed by atoms with Crippen molar-refractivity contribution < 1.29 is 0 Å². The summed E-state index contributed by atoms with van der Waals surface area (Å²) in [6, 6.07) is 7.86. The first-order valence-corrected chi connectivity index (χ1v) is 5.64. The summed E-state index contributed by atoms with van der Waals surface area (Å²) in [5.74, 6) is 1.14. The lowest BCUT2D eigenvalue weighted by Crippen LogP contribution is -2.31. The molecule has 1 unspecified atom stereocenters. The number of nitrogens with zero attached hydrogens (tertiary/aromatic N) is 4. The van der Waals surface area contributed by atoms with Crippen LogP contribution in [0, 0.1) is 0 Å². The van der Waals surface area contributed by atoms with Crippen molar-refractivity contribution >= 4 is 28.6 Å². The standard InChI is InChI=1S/C11H13ClN4/c1-8(7-12)16(2)11-13-9-5-3-4-6-10(9)14-15-11/h3-6,8H,7H2,1-2H3. The van der Waals surface area contributed by atoms with Gasteiger partial charge >= 0.3 is 0 Å². The number of anilines is 1. The second kappa shape index (κ2) is 4.61. The molecular weight excluding hydrogens is 224 g/mol. The molecule has 5 heteroatoms. The molecule has 0 radical (unpaired) electrons. The van der Waals surface area contributed by atoms with Crippen LogP contribution in [0.2, 0.25) is 0 Å². The van der Waals surface area contributed by atoms with Gasteiger partial charge in [0.2, 0.25) is 5.95 Å².